The van der Waals surface area contributed by atoms with Crippen LogP contribution in [0.15, 0.2) is 36.5 Å². The number of amides is 2. The molecule has 2 heterocycles. The summed E-state index contributed by atoms with van der Waals surface area (Å²) in [4.78, 5) is 21.4. The van der Waals surface area contributed by atoms with Crippen LogP contribution in [0.2, 0.25) is 0 Å². The highest BCUT2D eigenvalue weighted by molar-refractivity contribution is 5.99. The molecule has 5 nitrogen and oxygen atoms in total. The van der Waals surface area contributed by atoms with Crippen LogP contribution < -0.4 is 5.32 Å². The highest BCUT2D eigenvalue weighted by Crippen LogP contribution is 2.24. The number of pyridine rings is 1. The van der Waals surface area contributed by atoms with Gasteiger partial charge in [-0.05, 0) is 38.4 Å². The number of piperidine rings is 1. The van der Waals surface area contributed by atoms with E-state index in [-0.39, 0.29) is 12.1 Å². The molecule has 1 aromatic carbocycles. The fraction of sp³-hybridized carbons (Fsp3) is 0.474. The second kappa shape index (κ2) is 7.18. The molecule has 2 amide bonds. The van der Waals surface area contributed by atoms with Gasteiger partial charge >= 0.3 is 6.03 Å². The molecule has 0 spiro atoms. The van der Waals surface area contributed by atoms with E-state index in [1.54, 1.807) is 6.20 Å². The van der Waals surface area contributed by atoms with Gasteiger partial charge in [-0.2, -0.15) is 0 Å². The molecule has 0 radical (unpaired) electrons. The van der Waals surface area contributed by atoms with Crippen LogP contribution in [-0.4, -0.2) is 53.0 Å². The van der Waals surface area contributed by atoms with Crippen LogP contribution in [0.4, 0.5) is 10.5 Å². The van der Waals surface area contributed by atoms with Gasteiger partial charge in [-0.15, -0.1) is 0 Å². The summed E-state index contributed by atoms with van der Waals surface area (Å²) < 4.78 is 0. The van der Waals surface area contributed by atoms with Crippen molar-refractivity contribution in [3.63, 3.8) is 0 Å². The first-order chi connectivity index (χ1) is 11.6. The Labute approximate surface area is 143 Å². The first-order valence-corrected chi connectivity index (χ1v) is 8.71. The first-order valence-electron chi connectivity index (χ1n) is 8.71. The largest absolute Gasteiger partial charge is 0.325 e. The van der Waals surface area contributed by atoms with Crippen LogP contribution in [-0.2, 0) is 0 Å². The molecule has 1 saturated heterocycles. The van der Waals surface area contributed by atoms with Crippen LogP contribution in [0.3, 0.4) is 0 Å². The van der Waals surface area contributed by atoms with Crippen LogP contribution in [0.5, 0.6) is 0 Å². The number of anilines is 1. The van der Waals surface area contributed by atoms with Crippen molar-refractivity contribution in [3.8, 4) is 0 Å². The summed E-state index contributed by atoms with van der Waals surface area (Å²) in [7, 11) is 1.90. The second-order valence-corrected chi connectivity index (χ2v) is 6.58. The summed E-state index contributed by atoms with van der Waals surface area (Å²) in [5.74, 6) is 0. The number of hydrogen-bond acceptors (Lipinski definition) is 3. The fourth-order valence-electron chi connectivity index (χ4n) is 3.59. The number of aromatic nitrogens is 1. The molecule has 1 N–H and O–H groups in total. The number of nitrogens with zero attached hydrogens (tertiary/aromatic N) is 3. The molecule has 0 aliphatic carbocycles. The van der Waals surface area contributed by atoms with E-state index in [9.17, 15) is 4.79 Å². The monoisotopic (exact) mass is 326 g/mol. The molecule has 0 saturated carbocycles. The van der Waals surface area contributed by atoms with Gasteiger partial charge in [0.1, 0.15) is 0 Å². The number of fused-ring (bicyclic) bond motifs is 1. The number of hydrogen-bond donors (Lipinski definition) is 1. The molecular weight excluding hydrogens is 300 g/mol. The van der Waals surface area contributed by atoms with Crippen molar-refractivity contribution in [1.29, 1.82) is 0 Å². The topological polar surface area (TPSA) is 48.5 Å². The number of para-hydroxylation sites is 1. The lowest BCUT2D eigenvalue weighted by Crippen LogP contribution is -2.50. The molecule has 3 rings (SSSR count). The Kier molecular flexibility index (Phi) is 5.00. The van der Waals surface area contributed by atoms with Crippen molar-refractivity contribution in [2.24, 2.45) is 0 Å². The normalized spacial score (nSPS) is 21.6. The minimum atomic E-state index is -0.0599. The Bertz CT molecular complexity index is 712. The Balaban J connectivity index is 1.70. The lowest BCUT2D eigenvalue weighted by atomic mass is 9.97. The minimum Gasteiger partial charge on any atom is -0.325 e. The third-order valence-corrected chi connectivity index (χ3v) is 5.13. The summed E-state index contributed by atoms with van der Waals surface area (Å²) in [6.07, 6.45) is 3.80. The molecule has 0 unspecified atom stereocenters. The Hall–Kier alpha value is -2.14. The Morgan fingerprint density at radius 3 is 2.92 bits per heavy atom. The highest BCUT2D eigenvalue weighted by Gasteiger charge is 2.29. The van der Waals surface area contributed by atoms with Gasteiger partial charge in [0.2, 0.25) is 0 Å². The minimum absolute atomic E-state index is 0.0599. The summed E-state index contributed by atoms with van der Waals surface area (Å²) in [5, 5.41) is 4.06. The van der Waals surface area contributed by atoms with Gasteiger partial charge in [0.15, 0.2) is 0 Å². The molecule has 1 aliphatic rings. The van der Waals surface area contributed by atoms with Crippen LogP contribution in [0.1, 0.15) is 26.7 Å². The van der Waals surface area contributed by atoms with Gasteiger partial charge in [-0.1, -0.05) is 25.1 Å². The smallest absolute Gasteiger partial charge is 0.321 e. The van der Waals surface area contributed by atoms with E-state index in [0.717, 1.165) is 42.5 Å². The van der Waals surface area contributed by atoms with E-state index < -0.39 is 0 Å². The van der Waals surface area contributed by atoms with Gasteiger partial charge in [0, 0.05) is 37.3 Å². The maximum atomic E-state index is 12.7. The molecule has 24 heavy (non-hydrogen) atoms. The number of rotatable bonds is 3. The predicted octanol–water partition coefficient (Wildman–Crippen LogP) is 3.57. The molecule has 2 aromatic rings. The van der Waals surface area contributed by atoms with Crippen molar-refractivity contribution in [2.75, 3.05) is 25.5 Å². The number of benzene rings is 1. The Morgan fingerprint density at radius 1 is 1.38 bits per heavy atom. The van der Waals surface area contributed by atoms with E-state index in [4.69, 9.17) is 0 Å². The van der Waals surface area contributed by atoms with Crippen molar-refractivity contribution < 1.29 is 4.79 Å². The quantitative estimate of drug-likeness (QED) is 0.938. The van der Waals surface area contributed by atoms with Crippen molar-refractivity contribution in [1.82, 2.24) is 14.8 Å². The van der Waals surface area contributed by atoms with Gasteiger partial charge in [-0.3, -0.25) is 4.98 Å². The fourth-order valence-corrected chi connectivity index (χ4v) is 3.59. The van der Waals surface area contributed by atoms with E-state index >= 15 is 0 Å². The number of carbonyl (C=O) groups is 1. The number of likely N-dealkylation sites (tertiary alicyclic amines) is 1. The summed E-state index contributed by atoms with van der Waals surface area (Å²) >= 11 is 0. The zero-order valence-corrected chi connectivity index (χ0v) is 14.7. The van der Waals surface area contributed by atoms with Crippen LogP contribution >= 0.6 is 0 Å². The molecule has 0 bridgehead atoms. The van der Waals surface area contributed by atoms with Crippen molar-refractivity contribution in [2.45, 2.75) is 38.8 Å². The molecule has 5 heteroatoms. The molecular formula is C19H26N4O. The van der Waals surface area contributed by atoms with Gasteiger partial charge in [-0.25, -0.2) is 4.79 Å². The predicted molar refractivity (Wildman–Crippen MR) is 98.3 cm³/mol. The lowest BCUT2D eigenvalue weighted by molar-refractivity contribution is 0.104. The third-order valence-electron chi connectivity index (χ3n) is 5.13. The van der Waals surface area contributed by atoms with Crippen LogP contribution in [0.25, 0.3) is 10.9 Å². The number of carbonyl (C=O) groups excluding carboxylic acids is 1. The van der Waals surface area contributed by atoms with Crippen molar-refractivity contribution >= 4 is 22.6 Å². The first kappa shape index (κ1) is 16.7. The van der Waals surface area contributed by atoms with Crippen molar-refractivity contribution in [3.05, 3.63) is 36.5 Å². The van der Waals surface area contributed by atoms with E-state index in [2.05, 4.69) is 29.0 Å². The average Bonchev–Trinajstić information content (AvgIpc) is 2.61. The maximum absolute atomic E-state index is 12.7. The van der Waals surface area contributed by atoms with Gasteiger partial charge in [0.05, 0.1) is 11.2 Å². The number of nitrogens with one attached hydrogen (secondary N) is 1. The molecule has 1 fully saturated rings. The Morgan fingerprint density at radius 2 is 2.17 bits per heavy atom. The van der Waals surface area contributed by atoms with E-state index in [1.807, 2.05) is 42.3 Å². The van der Waals surface area contributed by atoms with E-state index in [0.29, 0.717) is 6.04 Å². The molecule has 1 aliphatic heterocycles. The zero-order valence-electron chi connectivity index (χ0n) is 14.7. The average molecular weight is 326 g/mol. The van der Waals surface area contributed by atoms with Gasteiger partial charge < -0.3 is 15.1 Å². The lowest BCUT2D eigenvalue weighted by Gasteiger charge is -2.40. The van der Waals surface area contributed by atoms with Crippen LogP contribution in [0, 0.1) is 0 Å². The summed E-state index contributed by atoms with van der Waals surface area (Å²) in [6.45, 7) is 6.57. The van der Waals surface area contributed by atoms with Gasteiger partial charge in [0.25, 0.3) is 0 Å². The zero-order chi connectivity index (χ0) is 17.1. The summed E-state index contributed by atoms with van der Waals surface area (Å²) in [6, 6.07) is 10.5. The highest BCUT2D eigenvalue weighted by atomic mass is 16.2. The standard InChI is InChI=1S/C19H26N4O/c1-4-23-12-10-16(13-14(23)2)22(3)19(24)21-17-9-5-7-15-8-6-11-20-18(15)17/h5-9,11,14,16H,4,10,12-13H2,1-3H3,(H,21,24)/t14-,16+/m1/s1. The molecule has 128 valence electrons. The molecule has 2 atom stereocenters. The molecule has 1 aromatic heterocycles. The SMILES string of the molecule is CCN1CC[C@H](N(C)C(=O)Nc2cccc3cccnc23)C[C@H]1C. The maximum Gasteiger partial charge on any atom is 0.321 e. The van der Waals surface area contributed by atoms with E-state index in [1.165, 1.54) is 0 Å². The summed E-state index contributed by atoms with van der Waals surface area (Å²) in [5.41, 5.74) is 1.60. The second-order valence-electron chi connectivity index (χ2n) is 6.58. The number of urea groups is 1. The third kappa shape index (κ3) is 3.36.